The van der Waals surface area contributed by atoms with Crippen LogP contribution in [0.3, 0.4) is 0 Å². The molecule has 0 saturated heterocycles. The fourth-order valence-electron chi connectivity index (χ4n) is 1.67. The summed E-state index contributed by atoms with van der Waals surface area (Å²) in [6.07, 6.45) is 16.9. The zero-order valence-electron chi connectivity index (χ0n) is 10.7. The molecule has 90 valence electrons. The summed E-state index contributed by atoms with van der Waals surface area (Å²) >= 11 is 0. The number of allylic oxidation sites excluding steroid dienone is 2. The Kier molecular flexibility index (Phi) is 13.4. The molecule has 0 unspecified atom stereocenters. The molecule has 0 aliphatic carbocycles. The summed E-state index contributed by atoms with van der Waals surface area (Å²) in [6.45, 7) is 3.41. The van der Waals surface area contributed by atoms with Crippen LogP contribution in [0.15, 0.2) is 12.2 Å². The fourth-order valence-corrected chi connectivity index (χ4v) is 1.67. The highest BCUT2D eigenvalue weighted by Crippen LogP contribution is 2.07. The molecule has 0 saturated carbocycles. The van der Waals surface area contributed by atoms with E-state index in [1.54, 1.807) is 0 Å². The number of hydrogen-bond acceptors (Lipinski definition) is 1. The largest absolute Gasteiger partial charge is 0.320 e. The molecule has 1 heteroatoms. The second-order valence-electron chi connectivity index (χ2n) is 4.27. The van der Waals surface area contributed by atoms with Gasteiger partial charge in [0, 0.05) is 0 Å². The van der Waals surface area contributed by atoms with E-state index in [1.165, 1.54) is 64.3 Å². The van der Waals surface area contributed by atoms with Crippen molar-refractivity contribution in [3.63, 3.8) is 0 Å². The molecule has 0 amide bonds. The average Bonchev–Trinajstić information content (AvgIpc) is 2.26. The monoisotopic (exact) mass is 211 g/mol. The highest BCUT2D eigenvalue weighted by Gasteiger charge is 1.89. The van der Waals surface area contributed by atoms with Crippen molar-refractivity contribution in [1.82, 2.24) is 5.32 Å². The van der Waals surface area contributed by atoms with E-state index in [0.717, 1.165) is 0 Å². The number of unbranched alkanes of at least 4 members (excludes halogenated alkanes) is 7. The minimum atomic E-state index is 1.18. The second-order valence-corrected chi connectivity index (χ2v) is 4.27. The van der Waals surface area contributed by atoms with E-state index in [2.05, 4.69) is 24.4 Å². The Morgan fingerprint density at radius 3 is 2.07 bits per heavy atom. The third-order valence-corrected chi connectivity index (χ3v) is 2.67. The molecule has 0 heterocycles. The quantitative estimate of drug-likeness (QED) is 0.397. The van der Waals surface area contributed by atoms with E-state index in [-0.39, 0.29) is 0 Å². The van der Waals surface area contributed by atoms with Gasteiger partial charge in [0.25, 0.3) is 0 Å². The van der Waals surface area contributed by atoms with Crippen molar-refractivity contribution < 1.29 is 0 Å². The molecule has 0 bridgehead atoms. The Balaban J connectivity index is 2.92. The van der Waals surface area contributed by atoms with Crippen LogP contribution >= 0.6 is 0 Å². The van der Waals surface area contributed by atoms with E-state index in [0.29, 0.717) is 0 Å². The van der Waals surface area contributed by atoms with Gasteiger partial charge < -0.3 is 5.32 Å². The van der Waals surface area contributed by atoms with E-state index < -0.39 is 0 Å². The molecule has 0 aromatic heterocycles. The lowest BCUT2D eigenvalue weighted by Crippen LogP contribution is -2.06. The molecule has 0 aromatic rings. The lowest BCUT2D eigenvalue weighted by Gasteiger charge is -2.00. The van der Waals surface area contributed by atoms with E-state index >= 15 is 0 Å². The van der Waals surface area contributed by atoms with E-state index in [1.807, 2.05) is 7.05 Å². The zero-order valence-corrected chi connectivity index (χ0v) is 10.7. The smallest absolute Gasteiger partial charge is 0.00519 e. The van der Waals surface area contributed by atoms with Gasteiger partial charge >= 0.3 is 0 Å². The maximum Gasteiger partial charge on any atom is -0.00519 e. The summed E-state index contributed by atoms with van der Waals surface area (Å²) in [4.78, 5) is 0. The summed E-state index contributed by atoms with van der Waals surface area (Å²) in [5.41, 5.74) is 0. The van der Waals surface area contributed by atoms with Crippen molar-refractivity contribution in [3.8, 4) is 0 Å². The van der Waals surface area contributed by atoms with Crippen LogP contribution in [0.4, 0.5) is 0 Å². The van der Waals surface area contributed by atoms with Crippen LogP contribution in [-0.4, -0.2) is 13.6 Å². The third-order valence-electron chi connectivity index (χ3n) is 2.67. The average molecular weight is 211 g/mol. The van der Waals surface area contributed by atoms with Crippen molar-refractivity contribution in [2.45, 2.75) is 64.7 Å². The van der Waals surface area contributed by atoms with Gasteiger partial charge in [-0.25, -0.2) is 0 Å². The number of hydrogen-bond donors (Lipinski definition) is 1. The van der Waals surface area contributed by atoms with Gasteiger partial charge in [-0.1, -0.05) is 51.2 Å². The Morgan fingerprint density at radius 1 is 0.800 bits per heavy atom. The van der Waals surface area contributed by atoms with Crippen LogP contribution in [0, 0.1) is 0 Å². The third kappa shape index (κ3) is 13.7. The minimum absolute atomic E-state index is 1.18. The molecule has 0 fully saturated rings. The lowest BCUT2D eigenvalue weighted by molar-refractivity contribution is 0.584. The summed E-state index contributed by atoms with van der Waals surface area (Å²) in [6, 6.07) is 0. The summed E-state index contributed by atoms with van der Waals surface area (Å²) in [5, 5.41) is 3.19. The maximum atomic E-state index is 3.19. The summed E-state index contributed by atoms with van der Waals surface area (Å²) < 4.78 is 0. The molecule has 1 nitrogen and oxygen atoms in total. The maximum absolute atomic E-state index is 3.19. The highest BCUT2D eigenvalue weighted by atomic mass is 14.8. The fraction of sp³-hybridized carbons (Fsp3) is 0.857. The first-order valence-corrected chi connectivity index (χ1v) is 6.71. The Morgan fingerprint density at radius 2 is 1.40 bits per heavy atom. The molecule has 0 aliphatic heterocycles. The van der Waals surface area contributed by atoms with Crippen LogP contribution in [0.25, 0.3) is 0 Å². The Hall–Kier alpha value is -0.300. The van der Waals surface area contributed by atoms with Crippen LogP contribution in [0.2, 0.25) is 0 Å². The lowest BCUT2D eigenvalue weighted by atomic mass is 10.1. The van der Waals surface area contributed by atoms with Crippen molar-refractivity contribution in [2.75, 3.05) is 13.6 Å². The van der Waals surface area contributed by atoms with Gasteiger partial charge in [-0.2, -0.15) is 0 Å². The van der Waals surface area contributed by atoms with Crippen molar-refractivity contribution >= 4 is 0 Å². The molecular formula is C14H29N. The van der Waals surface area contributed by atoms with Crippen LogP contribution in [-0.2, 0) is 0 Å². The number of nitrogens with one attached hydrogen (secondary N) is 1. The standard InChI is InChI=1S/C14H29N/c1-3-4-5-6-7-8-9-10-11-12-13-14-15-2/h5-6,15H,3-4,7-14H2,1-2H3/b6-5+. The topological polar surface area (TPSA) is 12.0 Å². The van der Waals surface area contributed by atoms with Crippen LogP contribution in [0.1, 0.15) is 64.7 Å². The minimum Gasteiger partial charge on any atom is -0.320 e. The van der Waals surface area contributed by atoms with Crippen molar-refractivity contribution in [3.05, 3.63) is 12.2 Å². The van der Waals surface area contributed by atoms with Gasteiger partial charge in [-0.15, -0.1) is 0 Å². The molecule has 0 aromatic carbocycles. The SMILES string of the molecule is CCC/C=C/CCCCCCCCNC. The molecule has 0 rings (SSSR count). The number of rotatable bonds is 11. The van der Waals surface area contributed by atoms with Gasteiger partial charge in [0.2, 0.25) is 0 Å². The highest BCUT2D eigenvalue weighted by molar-refractivity contribution is 4.80. The molecular weight excluding hydrogens is 182 g/mol. The first-order valence-electron chi connectivity index (χ1n) is 6.71. The molecule has 0 atom stereocenters. The summed E-state index contributed by atoms with van der Waals surface area (Å²) in [5.74, 6) is 0. The van der Waals surface area contributed by atoms with Gasteiger partial charge in [-0.05, 0) is 39.3 Å². The second kappa shape index (κ2) is 13.7. The first kappa shape index (κ1) is 14.7. The van der Waals surface area contributed by atoms with Crippen LogP contribution in [0.5, 0.6) is 0 Å². The predicted octanol–water partition coefficient (Wildman–Crippen LogP) is 4.29. The van der Waals surface area contributed by atoms with Crippen LogP contribution < -0.4 is 5.32 Å². The Bertz CT molecular complexity index is 129. The van der Waals surface area contributed by atoms with Gasteiger partial charge in [-0.3, -0.25) is 0 Å². The normalized spacial score (nSPS) is 11.3. The van der Waals surface area contributed by atoms with Crippen molar-refractivity contribution in [2.24, 2.45) is 0 Å². The molecule has 0 spiro atoms. The molecule has 0 aliphatic rings. The van der Waals surface area contributed by atoms with Gasteiger partial charge in [0.1, 0.15) is 0 Å². The van der Waals surface area contributed by atoms with Gasteiger partial charge in [0.15, 0.2) is 0 Å². The molecule has 15 heavy (non-hydrogen) atoms. The van der Waals surface area contributed by atoms with Gasteiger partial charge in [0.05, 0.1) is 0 Å². The Labute approximate surface area is 96.3 Å². The first-order chi connectivity index (χ1) is 7.41. The zero-order chi connectivity index (χ0) is 11.2. The molecule has 1 N–H and O–H groups in total. The molecule has 0 radical (unpaired) electrons. The van der Waals surface area contributed by atoms with E-state index in [9.17, 15) is 0 Å². The summed E-state index contributed by atoms with van der Waals surface area (Å²) in [7, 11) is 2.03. The van der Waals surface area contributed by atoms with Crippen molar-refractivity contribution in [1.29, 1.82) is 0 Å². The predicted molar refractivity (Wildman–Crippen MR) is 70.3 cm³/mol. The van der Waals surface area contributed by atoms with E-state index in [4.69, 9.17) is 0 Å².